The number of nitrogens with zero attached hydrogens (tertiary/aromatic N) is 1. The van der Waals surface area contributed by atoms with E-state index in [0.717, 1.165) is 18.4 Å². The summed E-state index contributed by atoms with van der Waals surface area (Å²) in [6.07, 6.45) is 14.1. The SMILES string of the molecule is CCCCCCCCCCCCc1ccc(O)c(/C(=N\O)c2ccc(Cl)cc2)c1. The fourth-order valence-electron chi connectivity index (χ4n) is 3.62. The molecule has 0 atom stereocenters. The first-order chi connectivity index (χ1) is 14.2. The minimum atomic E-state index is 0.111. The molecule has 0 aromatic heterocycles. The maximum absolute atomic E-state index is 10.3. The quantitative estimate of drug-likeness (QED) is 0.152. The Bertz CT molecular complexity index is 756. The first kappa shape index (κ1) is 23.3. The molecule has 2 rings (SSSR count). The van der Waals surface area contributed by atoms with Gasteiger partial charge in [0.2, 0.25) is 0 Å². The number of oxime groups is 1. The van der Waals surface area contributed by atoms with Gasteiger partial charge in [0.05, 0.1) is 0 Å². The Morgan fingerprint density at radius 1 is 0.828 bits per heavy atom. The van der Waals surface area contributed by atoms with Crippen molar-refractivity contribution in [3.63, 3.8) is 0 Å². The Hall–Kier alpha value is -2.00. The summed E-state index contributed by atoms with van der Waals surface area (Å²) in [5.74, 6) is 0.111. The molecule has 0 spiro atoms. The van der Waals surface area contributed by atoms with E-state index in [1.54, 1.807) is 30.3 Å². The van der Waals surface area contributed by atoms with Gasteiger partial charge in [0.25, 0.3) is 0 Å². The van der Waals surface area contributed by atoms with Gasteiger partial charge in [-0.05, 0) is 42.7 Å². The van der Waals surface area contributed by atoms with E-state index in [2.05, 4.69) is 12.1 Å². The van der Waals surface area contributed by atoms with Crippen molar-refractivity contribution in [2.75, 3.05) is 0 Å². The van der Waals surface area contributed by atoms with Crippen LogP contribution >= 0.6 is 11.6 Å². The summed E-state index contributed by atoms with van der Waals surface area (Å²) in [6, 6.07) is 12.6. The van der Waals surface area contributed by atoms with E-state index in [1.807, 2.05) is 12.1 Å². The second-order valence-corrected chi connectivity index (χ2v) is 8.18. The van der Waals surface area contributed by atoms with Crippen molar-refractivity contribution < 1.29 is 10.3 Å². The van der Waals surface area contributed by atoms with Crippen LogP contribution in [0.3, 0.4) is 0 Å². The Morgan fingerprint density at radius 3 is 2.00 bits per heavy atom. The number of hydrogen-bond acceptors (Lipinski definition) is 3. The van der Waals surface area contributed by atoms with E-state index >= 15 is 0 Å². The minimum Gasteiger partial charge on any atom is -0.507 e. The second kappa shape index (κ2) is 13.3. The Balaban J connectivity index is 1.82. The van der Waals surface area contributed by atoms with Crippen LogP contribution in [0.5, 0.6) is 5.75 Å². The third-order valence-corrected chi connectivity index (χ3v) is 5.60. The molecule has 4 heteroatoms. The van der Waals surface area contributed by atoms with E-state index in [9.17, 15) is 10.3 Å². The van der Waals surface area contributed by atoms with Gasteiger partial charge in [-0.3, -0.25) is 0 Å². The monoisotopic (exact) mass is 415 g/mol. The highest BCUT2D eigenvalue weighted by atomic mass is 35.5. The van der Waals surface area contributed by atoms with Crippen LogP contribution in [0.2, 0.25) is 5.02 Å². The van der Waals surface area contributed by atoms with Crippen LogP contribution in [0.4, 0.5) is 0 Å². The van der Waals surface area contributed by atoms with Crippen LogP contribution in [0, 0.1) is 0 Å². The van der Waals surface area contributed by atoms with Crippen LogP contribution in [-0.2, 0) is 6.42 Å². The lowest BCUT2D eigenvalue weighted by Gasteiger charge is -2.10. The zero-order valence-corrected chi connectivity index (χ0v) is 18.3. The average molecular weight is 416 g/mol. The number of rotatable bonds is 13. The summed E-state index contributed by atoms with van der Waals surface area (Å²) in [6.45, 7) is 2.26. The Morgan fingerprint density at radius 2 is 1.41 bits per heavy atom. The van der Waals surface area contributed by atoms with E-state index in [4.69, 9.17) is 11.6 Å². The second-order valence-electron chi connectivity index (χ2n) is 7.74. The fourth-order valence-corrected chi connectivity index (χ4v) is 3.75. The van der Waals surface area contributed by atoms with Crippen LogP contribution < -0.4 is 0 Å². The first-order valence-electron chi connectivity index (χ1n) is 11.0. The van der Waals surface area contributed by atoms with Gasteiger partial charge in [0.1, 0.15) is 11.5 Å². The van der Waals surface area contributed by atoms with Crippen molar-refractivity contribution >= 4 is 17.3 Å². The molecule has 158 valence electrons. The highest BCUT2D eigenvalue weighted by Crippen LogP contribution is 2.24. The summed E-state index contributed by atoms with van der Waals surface area (Å²) >= 11 is 5.94. The molecule has 0 saturated carbocycles. The van der Waals surface area contributed by atoms with Crippen molar-refractivity contribution in [2.45, 2.75) is 77.6 Å². The fraction of sp³-hybridized carbons (Fsp3) is 0.480. The van der Waals surface area contributed by atoms with Crippen LogP contribution in [-0.4, -0.2) is 16.0 Å². The normalized spacial score (nSPS) is 11.7. The molecule has 0 aliphatic rings. The Labute approximate surface area is 180 Å². The van der Waals surface area contributed by atoms with Crippen molar-refractivity contribution in [3.05, 3.63) is 64.2 Å². The van der Waals surface area contributed by atoms with Crippen molar-refractivity contribution in [1.82, 2.24) is 0 Å². The number of hydrogen-bond donors (Lipinski definition) is 2. The summed E-state index contributed by atoms with van der Waals surface area (Å²) < 4.78 is 0. The lowest BCUT2D eigenvalue weighted by Crippen LogP contribution is -2.04. The number of aryl methyl sites for hydroxylation is 1. The van der Waals surface area contributed by atoms with Gasteiger partial charge < -0.3 is 10.3 Å². The van der Waals surface area contributed by atoms with E-state index < -0.39 is 0 Å². The zero-order chi connectivity index (χ0) is 20.9. The van der Waals surface area contributed by atoms with E-state index in [-0.39, 0.29) is 5.75 Å². The van der Waals surface area contributed by atoms with Crippen molar-refractivity contribution in [2.24, 2.45) is 5.16 Å². The predicted molar refractivity (Wildman–Crippen MR) is 123 cm³/mol. The molecule has 2 aromatic rings. The summed E-state index contributed by atoms with van der Waals surface area (Å²) in [5.41, 5.74) is 2.75. The average Bonchev–Trinajstić information content (AvgIpc) is 2.73. The number of phenolic OH excluding ortho intramolecular Hbond substituents is 1. The summed E-state index contributed by atoms with van der Waals surface area (Å²) in [4.78, 5) is 0. The number of unbranched alkanes of at least 4 members (excludes halogenated alkanes) is 9. The third-order valence-electron chi connectivity index (χ3n) is 5.35. The van der Waals surface area contributed by atoms with Crippen molar-refractivity contribution in [1.29, 1.82) is 0 Å². The maximum Gasteiger partial charge on any atom is 0.125 e. The van der Waals surface area contributed by atoms with Gasteiger partial charge in [-0.1, -0.05) is 99.7 Å². The molecule has 0 fully saturated rings. The summed E-state index contributed by atoms with van der Waals surface area (Å²) in [5, 5.41) is 23.9. The standard InChI is InChI=1S/C25H34ClNO2/c1-2-3-4-5-6-7-8-9-10-11-12-20-13-18-24(28)23(19-20)25(27-29)21-14-16-22(26)17-15-21/h13-19,28-29H,2-12H2,1H3/b27-25-. The third kappa shape index (κ3) is 8.10. The molecule has 2 N–H and O–H groups in total. The first-order valence-corrected chi connectivity index (χ1v) is 11.3. The van der Waals surface area contributed by atoms with Crippen molar-refractivity contribution in [3.8, 4) is 5.75 Å². The highest BCUT2D eigenvalue weighted by Gasteiger charge is 2.13. The van der Waals surface area contributed by atoms with Crippen LogP contribution in [0.25, 0.3) is 0 Å². The molecule has 0 aliphatic carbocycles. The lowest BCUT2D eigenvalue weighted by atomic mass is 9.97. The predicted octanol–water partition coefficient (Wildman–Crippen LogP) is 7.74. The smallest absolute Gasteiger partial charge is 0.125 e. The molecule has 0 unspecified atom stereocenters. The van der Waals surface area contributed by atoms with Gasteiger partial charge in [-0.25, -0.2) is 0 Å². The molecule has 29 heavy (non-hydrogen) atoms. The van der Waals surface area contributed by atoms with Gasteiger partial charge >= 0.3 is 0 Å². The molecular formula is C25H34ClNO2. The molecule has 0 radical (unpaired) electrons. The van der Waals surface area contributed by atoms with E-state index in [1.165, 1.54) is 57.8 Å². The molecule has 0 bridgehead atoms. The van der Waals surface area contributed by atoms with Gasteiger partial charge in [-0.2, -0.15) is 0 Å². The Kier molecular flexibility index (Phi) is 10.6. The van der Waals surface area contributed by atoms with E-state index in [0.29, 0.717) is 21.9 Å². The largest absolute Gasteiger partial charge is 0.507 e. The van der Waals surface area contributed by atoms with Crippen LogP contribution in [0.15, 0.2) is 47.6 Å². The molecular weight excluding hydrogens is 382 g/mol. The lowest BCUT2D eigenvalue weighted by molar-refractivity contribution is 0.319. The van der Waals surface area contributed by atoms with Crippen LogP contribution in [0.1, 0.15) is 87.8 Å². The zero-order valence-electron chi connectivity index (χ0n) is 17.5. The number of phenols is 1. The number of aromatic hydroxyl groups is 1. The molecule has 2 aromatic carbocycles. The summed E-state index contributed by atoms with van der Waals surface area (Å²) in [7, 11) is 0. The van der Waals surface area contributed by atoms with Gasteiger partial charge in [0, 0.05) is 16.1 Å². The number of benzene rings is 2. The topological polar surface area (TPSA) is 52.8 Å². The molecule has 0 aliphatic heterocycles. The highest BCUT2D eigenvalue weighted by molar-refractivity contribution is 6.30. The number of halogens is 1. The minimum absolute atomic E-state index is 0.111. The molecule has 0 heterocycles. The molecule has 0 amide bonds. The molecule has 3 nitrogen and oxygen atoms in total. The van der Waals surface area contributed by atoms with Gasteiger partial charge in [0.15, 0.2) is 0 Å². The van der Waals surface area contributed by atoms with Gasteiger partial charge in [-0.15, -0.1) is 0 Å². The molecule has 0 saturated heterocycles. The maximum atomic E-state index is 10.3.